The van der Waals surface area contributed by atoms with E-state index >= 15 is 0 Å². The van der Waals surface area contributed by atoms with Crippen LogP contribution in [0.1, 0.15) is 32.7 Å². The number of oxazole rings is 1. The second kappa shape index (κ2) is 8.92. The Morgan fingerprint density at radius 1 is 1.18 bits per heavy atom. The second-order valence-electron chi connectivity index (χ2n) is 8.55. The first kappa shape index (κ1) is 22.1. The van der Waals surface area contributed by atoms with E-state index in [4.69, 9.17) is 9.15 Å². The number of imidazole rings is 1. The number of ether oxygens (including phenoxy) is 1. The van der Waals surface area contributed by atoms with Crippen molar-refractivity contribution in [2.45, 2.75) is 26.5 Å². The molecule has 1 aliphatic rings. The summed E-state index contributed by atoms with van der Waals surface area (Å²) in [6, 6.07) is 9.39. The maximum Gasteiger partial charge on any atom is 0.419 e. The average molecular weight is 463 g/mol. The van der Waals surface area contributed by atoms with Crippen molar-refractivity contribution in [1.29, 1.82) is 0 Å². The number of aliphatic hydroxyl groups is 1. The molecule has 9 nitrogen and oxygen atoms in total. The van der Waals surface area contributed by atoms with E-state index in [9.17, 15) is 14.7 Å². The van der Waals surface area contributed by atoms with Gasteiger partial charge in [-0.3, -0.25) is 9.47 Å². The molecule has 0 bridgehead atoms. The standard InChI is InChI=1S/C25H26N4O5/c1-16-17(3-5-20-21(16)14-33-24(20)31)7-8-28(9-10-30)12-18-13-29(15-26-18)19-4-6-23-22(11-19)27(2)25(32)34-23/h3-6,11,13,15,30H,7-10,12,14H2,1-2H3. The van der Waals surface area contributed by atoms with Gasteiger partial charge in [0.15, 0.2) is 5.58 Å². The molecule has 0 amide bonds. The van der Waals surface area contributed by atoms with Crippen LogP contribution >= 0.6 is 0 Å². The fraction of sp³-hybridized carbons (Fsp3) is 0.320. The summed E-state index contributed by atoms with van der Waals surface area (Å²) >= 11 is 0. The molecule has 0 saturated heterocycles. The van der Waals surface area contributed by atoms with Crippen molar-refractivity contribution in [2.75, 3.05) is 19.7 Å². The van der Waals surface area contributed by atoms with Gasteiger partial charge in [0.05, 0.1) is 29.7 Å². The van der Waals surface area contributed by atoms with Crippen LogP contribution in [0.15, 0.2) is 52.1 Å². The summed E-state index contributed by atoms with van der Waals surface area (Å²) in [7, 11) is 1.68. The Morgan fingerprint density at radius 2 is 2.03 bits per heavy atom. The van der Waals surface area contributed by atoms with Crippen molar-refractivity contribution in [1.82, 2.24) is 19.0 Å². The molecule has 0 saturated carbocycles. The van der Waals surface area contributed by atoms with E-state index in [1.165, 1.54) is 10.1 Å². The third kappa shape index (κ3) is 4.04. The Kier molecular flexibility index (Phi) is 5.80. The summed E-state index contributed by atoms with van der Waals surface area (Å²) in [4.78, 5) is 30.2. The van der Waals surface area contributed by atoms with Gasteiger partial charge in [0.1, 0.15) is 6.61 Å². The Bertz CT molecular complexity index is 1430. The summed E-state index contributed by atoms with van der Waals surface area (Å²) in [5.41, 5.74) is 6.92. The largest absolute Gasteiger partial charge is 0.457 e. The molecule has 34 heavy (non-hydrogen) atoms. The van der Waals surface area contributed by atoms with Crippen LogP contribution in [0, 0.1) is 6.92 Å². The van der Waals surface area contributed by atoms with Gasteiger partial charge in [0, 0.05) is 44.1 Å². The summed E-state index contributed by atoms with van der Waals surface area (Å²) in [6.07, 6.45) is 4.49. The zero-order chi connectivity index (χ0) is 23.8. The number of esters is 1. The first-order chi connectivity index (χ1) is 16.4. The molecule has 5 rings (SSSR count). The van der Waals surface area contributed by atoms with E-state index in [-0.39, 0.29) is 12.6 Å². The third-order valence-corrected chi connectivity index (χ3v) is 6.49. The van der Waals surface area contributed by atoms with E-state index < -0.39 is 5.76 Å². The van der Waals surface area contributed by atoms with Crippen LogP contribution in [-0.2, 0) is 31.4 Å². The van der Waals surface area contributed by atoms with E-state index in [1.54, 1.807) is 19.4 Å². The van der Waals surface area contributed by atoms with Gasteiger partial charge in [-0.2, -0.15) is 0 Å². The number of aliphatic hydroxyl groups excluding tert-OH is 1. The Hall–Kier alpha value is -3.69. The number of benzene rings is 2. The molecule has 0 radical (unpaired) electrons. The Balaban J connectivity index is 1.30. The highest BCUT2D eigenvalue weighted by Crippen LogP contribution is 2.26. The Labute approximate surface area is 195 Å². The molecule has 0 aliphatic carbocycles. The van der Waals surface area contributed by atoms with Crippen molar-refractivity contribution in [3.8, 4) is 5.69 Å². The van der Waals surface area contributed by atoms with Gasteiger partial charge in [-0.25, -0.2) is 14.6 Å². The fourth-order valence-corrected chi connectivity index (χ4v) is 4.45. The van der Waals surface area contributed by atoms with Gasteiger partial charge >= 0.3 is 11.7 Å². The van der Waals surface area contributed by atoms with Crippen LogP contribution in [0.4, 0.5) is 0 Å². The van der Waals surface area contributed by atoms with Crippen molar-refractivity contribution in [3.05, 3.63) is 81.4 Å². The number of fused-ring (bicyclic) bond motifs is 2. The van der Waals surface area contributed by atoms with Gasteiger partial charge in [0.2, 0.25) is 0 Å². The van der Waals surface area contributed by atoms with Crippen LogP contribution in [0.3, 0.4) is 0 Å². The summed E-state index contributed by atoms with van der Waals surface area (Å²) in [5, 5.41) is 9.58. The molecule has 1 N–H and O–H groups in total. The van der Waals surface area contributed by atoms with Crippen LogP contribution in [0.5, 0.6) is 0 Å². The minimum absolute atomic E-state index is 0.0530. The van der Waals surface area contributed by atoms with Gasteiger partial charge in [-0.15, -0.1) is 0 Å². The maximum atomic E-state index is 11.8. The highest BCUT2D eigenvalue weighted by molar-refractivity contribution is 5.93. The first-order valence-corrected chi connectivity index (χ1v) is 11.2. The van der Waals surface area contributed by atoms with Crippen LogP contribution < -0.4 is 5.76 Å². The molecule has 0 fully saturated rings. The lowest BCUT2D eigenvalue weighted by Gasteiger charge is -2.21. The number of hydrogen-bond acceptors (Lipinski definition) is 7. The van der Waals surface area contributed by atoms with Gasteiger partial charge in [0.25, 0.3) is 0 Å². The number of aryl methyl sites for hydroxylation is 1. The average Bonchev–Trinajstić information content (AvgIpc) is 3.52. The highest BCUT2D eigenvalue weighted by Gasteiger charge is 2.24. The monoisotopic (exact) mass is 462 g/mol. The van der Waals surface area contributed by atoms with E-state index in [0.717, 1.165) is 41.0 Å². The summed E-state index contributed by atoms with van der Waals surface area (Å²) in [5.74, 6) is -0.646. The number of carbonyl (C=O) groups is 1. The molecule has 1 aliphatic heterocycles. The van der Waals surface area contributed by atoms with E-state index in [1.807, 2.05) is 42.0 Å². The quantitative estimate of drug-likeness (QED) is 0.401. The second-order valence-corrected chi connectivity index (χ2v) is 8.55. The van der Waals surface area contributed by atoms with Crippen molar-refractivity contribution < 1.29 is 19.1 Å². The maximum absolute atomic E-state index is 11.8. The molecule has 176 valence electrons. The minimum Gasteiger partial charge on any atom is -0.457 e. The normalized spacial score (nSPS) is 13.1. The number of nitrogens with zero attached hydrogens (tertiary/aromatic N) is 4. The molecule has 0 unspecified atom stereocenters. The molecular formula is C25H26N4O5. The van der Waals surface area contributed by atoms with Crippen LogP contribution in [0.25, 0.3) is 16.8 Å². The molecule has 0 atom stereocenters. The SMILES string of the molecule is Cc1c(CCN(CCO)Cc2cn(-c3ccc4oc(=O)n(C)c4c3)cn2)ccc2c1COC2=O. The van der Waals surface area contributed by atoms with E-state index in [2.05, 4.69) is 9.88 Å². The number of rotatable bonds is 8. The lowest BCUT2D eigenvalue weighted by Crippen LogP contribution is -2.29. The lowest BCUT2D eigenvalue weighted by atomic mass is 9.96. The number of carbonyl (C=O) groups excluding carboxylic acids is 1. The summed E-state index contributed by atoms with van der Waals surface area (Å²) in [6.45, 7) is 4.28. The smallest absolute Gasteiger partial charge is 0.419 e. The molecule has 2 aromatic carbocycles. The number of cyclic esters (lactones) is 1. The fourth-order valence-electron chi connectivity index (χ4n) is 4.45. The van der Waals surface area contributed by atoms with Crippen molar-refractivity contribution in [2.24, 2.45) is 7.05 Å². The predicted octanol–water partition coefficient (Wildman–Crippen LogP) is 2.33. The lowest BCUT2D eigenvalue weighted by molar-refractivity contribution is 0.0535. The molecular weight excluding hydrogens is 436 g/mol. The number of aromatic nitrogens is 3. The zero-order valence-electron chi connectivity index (χ0n) is 19.2. The molecule has 4 aromatic rings. The highest BCUT2D eigenvalue weighted by atomic mass is 16.5. The first-order valence-electron chi connectivity index (χ1n) is 11.2. The molecule has 0 spiro atoms. The van der Waals surface area contributed by atoms with Crippen molar-refractivity contribution in [3.63, 3.8) is 0 Å². The molecule has 3 heterocycles. The zero-order valence-corrected chi connectivity index (χ0v) is 19.2. The number of hydrogen-bond donors (Lipinski definition) is 1. The van der Waals surface area contributed by atoms with E-state index in [0.29, 0.717) is 30.8 Å². The van der Waals surface area contributed by atoms with Gasteiger partial charge in [-0.05, 0) is 48.7 Å². The predicted molar refractivity (Wildman–Crippen MR) is 125 cm³/mol. The Morgan fingerprint density at radius 3 is 2.85 bits per heavy atom. The minimum atomic E-state index is -0.393. The van der Waals surface area contributed by atoms with Crippen LogP contribution in [-0.4, -0.2) is 49.8 Å². The third-order valence-electron chi connectivity index (χ3n) is 6.49. The molecule has 2 aromatic heterocycles. The molecule has 9 heteroatoms. The topological polar surface area (TPSA) is 103 Å². The van der Waals surface area contributed by atoms with Crippen molar-refractivity contribution >= 4 is 17.1 Å². The van der Waals surface area contributed by atoms with Gasteiger partial charge < -0.3 is 18.8 Å². The van der Waals surface area contributed by atoms with Crippen LogP contribution in [0.2, 0.25) is 0 Å². The summed E-state index contributed by atoms with van der Waals surface area (Å²) < 4.78 is 13.7. The van der Waals surface area contributed by atoms with Gasteiger partial charge in [-0.1, -0.05) is 6.07 Å².